The number of hydrogen-bond donors (Lipinski definition) is 1. The molecular formula is C14H18ClNO3S. The number of halogens is 1. The normalized spacial score (nSPS) is 22.4. The highest BCUT2D eigenvalue weighted by Crippen LogP contribution is 2.22. The molecule has 2 unspecified atom stereocenters. The fourth-order valence-corrected chi connectivity index (χ4v) is 4.28. The first kappa shape index (κ1) is 15.3. The molecule has 1 fully saturated rings. The van der Waals surface area contributed by atoms with Crippen molar-refractivity contribution in [3.63, 3.8) is 0 Å². The smallest absolute Gasteiger partial charge is 0.227 e. The first-order valence-electron chi connectivity index (χ1n) is 6.67. The molecule has 6 heteroatoms. The summed E-state index contributed by atoms with van der Waals surface area (Å²) in [5, 5.41) is 3.48. The summed E-state index contributed by atoms with van der Waals surface area (Å²) in [6.07, 6.45) is 1.16. The minimum absolute atomic E-state index is 0.0514. The van der Waals surface area contributed by atoms with Crippen LogP contribution in [-0.2, 0) is 14.6 Å². The molecule has 0 bridgehead atoms. The van der Waals surface area contributed by atoms with E-state index in [1.165, 1.54) is 0 Å². The molecule has 4 nitrogen and oxygen atoms in total. The van der Waals surface area contributed by atoms with E-state index in [4.69, 9.17) is 11.6 Å². The van der Waals surface area contributed by atoms with Crippen molar-refractivity contribution >= 4 is 27.3 Å². The number of nitrogens with one attached hydrogen (secondary N) is 1. The van der Waals surface area contributed by atoms with Gasteiger partial charge in [-0.05, 0) is 30.5 Å². The molecule has 110 valence electrons. The summed E-state index contributed by atoms with van der Waals surface area (Å²) in [5.41, 5.74) is 0.898. The lowest BCUT2D eigenvalue weighted by Crippen LogP contribution is -2.38. The van der Waals surface area contributed by atoms with Gasteiger partial charge in [0.2, 0.25) is 5.91 Å². The second kappa shape index (κ2) is 6.14. The van der Waals surface area contributed by atoms with Crippen LogP contribution in [-0.4, -0.2) is 31.9 Å². The lowest BCUT2D eigenvalue weighted by molar-refractivity contribution is -0.123. The third-order valence-corrected chi connectivity index (χ3v) is 5.60. The zero-order valence-corrected chi connectivity index (χ0v) is 12.9. The van der Waals surface area contributed by atoms with Gasteiger partial charge < -0.3 is 5.32 Å². The Morgan fingerprint density at radius 1 is 1.40 bits per heavy atom. The molecule has 0 spiro atoms. The van der Waals surface area contributed by atoms with Crippen molar-refractivity contribution in [1.82, 2.24) is 5.32 Å². The van der Waals surface area contributed by atoms with Crippen molar-refractivity contribution in [2.24, 2.45) is 0 Å². The average molecular weight is 316 g/mol. The summed E-state index contributed by atoms with van der Waals surface area (Å²) in [7, 11) is -2.98. The van der Waals surface area contributed by atoms with Crippen LogP contribution in [0.1, 0.15) is 31.2 Å². The van der Waals surface area contributed by atoms with Gasteiger partial charge in [0.05, 0.1) is 17.4 Å². The highest BCUT2D eigenvalue weighted by Gasteiger charge is 2.30. The van der Waals surface area contributed by atoms with E-state index in [2.05, 4.69) is 5.32 Å². The van der Waals surface area contributed by atoms with E-state index in [1.54, 1.807) is 12.1 Å². The van der Waals surface area contributed by atoms with E-state index >= 15 is 0 Å². The Kier molecular flexibility index (Phi) is 4.70. The molecule has 0 aliphatic carbocycles. The summed E-state index contributed by atoms with van der Waals surface area (Å²) in [6, 6.07) is 6.93. The number of hydrogen-bond acceptors (Lipinski definition) is 3. The van der Waals surface area contributed by atoms with E-state index in [0.717, 1.165) is 5.56 Å². The zero-order chi connectivity index (χ0) is 14.8. The zero-order valence-electron chi connectivity index (χ0n) is 11.3. The topological polar surface area (TPSA) is 63.2 Å². The molecule has 1 saturated heterocycles. The van der Waals surface area contributed by atoms with Gasteiger partial charge in [-0.1, -0.05) is 30.7 Å². The number of amides is 1. The molecule has 1 heterocycles. The molecule has 20 heavy (non-hydrogen) atoms. The second-order valence-electron chi connectivity index (χ2n) is 5.12. The van der Waals surface area contributed by atoms with Gasteiger partial charge in [0.25, 0.3) is 0 Å². The van der Waals surface area contributed by atoms with Crippen LogP contribution in [0.5, 0.6) is 0 Å². The largest absolute Gasteiger partial charge is 0.352 e. The summed E-state index contributed by atoms with van der Waals surface area (Å²) >= 11 is 5.84. The first-order chi connectivity index (χ1) is 9.41. The van der Waals surface area contributed by atoms with Crippen LogP contribution in [0.15, 0.2) is 24.3 Å². The van der Waals surface area contributed by atoms with Crippen molar-refractivity contribution in [2.75, 3.05) is 11.5 Å². The van der Waals surface area contributed by atoms with Crippen LogP contribution in [0.2, 0.25) is 5.02 Å². The summed E-state index contributed by atoms with van der Waals surface area (Å²) < 4.78 is 22.8. The quantitative estimate of drug-likeness (QED) is 0.926. The van der Waals surface area contributed by atoms with E-state index in [1.807, 2.05) is 19.1 Å². The van der Waals surface area contributed by atoms with Gasteiger partial charge in [-0.25, -0.2) is 8.42 Å². The van der Waals surface area contributed by atoms with Crippen LogP contribution < -0.4 is 5.32 Å². The summed E-state index contributed by atoms with van der Waals surface area (Å²) in [5.74, 6) is -0.168. The van der Waals surface area contributed by atoms with Crippen molar-refractivity contribution in [3.8, 4) is 0 Å². The number of carbonyl (C=O) groups is 1. The molecular weight excluding hydrogens is 298 g/mol. The van der Waals surface area contributed by atoms with Crippen LogP contribution in [0.3, 0.4) is 0 Å². The third-order valence-electron chi connectivity index (χ3n) is 3.58. The molecule has 1 amide bonds. The Morgan fingerprint density at radius 2 is 2.05 bits per heavy atom. The molecule has 2 rings (SSSR count). The van der Waals surface area contributed by atoms with Crippen LogP contribution in [0, 0.1) is 0 Å². The van der Waals surface area contributed by atoms with Crippen molar-refractivity contribution in [1.29, 1.82) is 0 Å². The molecule has 1 aliphatic heterocycles. The van der Waals surface area contributed by atoms with Gasteiger partial charge in [-0.2, -0.15) is 0 Å². The fraction of sp³-hybridized carbons (Fsp3) is 0.500. The molecule has 1 N–H and O–H groups in total. The van der Waals surface area contributed by atoms with Gasteiger partial charge in [0.1, 0.15) is 0 Å². The highest BCUT2D eigenvalue weighted by molar-refractivity contribution is 7.91. The highest BCUT2D eigenvalue weighted by atomic mass is 35.5. The fourth-order valence-electron chi connectivity index (χ4n) is 2.48. The summed E-state index contributed by atoms with van der Waals surface area (Å²) in [4.78, 5) is 12.3. The van der Waals surface area contributed by atoms with Crippen molar-refractivity contribution in [3.05, 3.63) is 34.9 Å². The van der Waals surface area contributed by atoms with E-state index in [9.17, 15) is 13.2 Å². The Balaban J connectivity index is 2.04. The van der Waals surface area contributed by atoms with Crippen molar-refractivity contribution < 1.29 is 13.2 Å². The average Bonchev–Trinajstić information content (AvgIpc) is 2.72. The third kappa shape index (κ3) is 3.73. The van der Waals surface area contributed by atoms with E-state index < -0.39 is 9.84 Å². The number of benzene rings is 1. The number of carbonyl (C=O) groups excluding carboxylic acids is 1. The molecule has 0 radical (unpaired) electrons. The van der Waals surface area contributed by atoms with Gasteiger partial charge in [0, 0.05) is 11.1 Å². The van der Waals surface area contributed by atoms with Gasteiger partial charge in [0.15, 0.2) is 9.84 Å². The number of rotatable bonds is 4. The maximum absolute atomic E-state index is 12.3. The molecule has 1 aromatic carbocycles. The molecule has 1 aromatic rings. The molecule has 0 aromatic heterocycles. The Hall–Kier alpha value is -1.07. The predicted molar refractivity (Wildman–Crippen MR) is 79.7 cm³/mol. The summed E-state index contributed by atoms with van der Waals surface area (Å²) in [6.45, 7) is 1.93. The standard InChI is InChI=1S/C14H18ClNO3S/c1-2-13(10-3-5-11(15)6-4-10)14(17)16-12-7-8-20(18,19)9-12/h3-6,12-13H,2,7-9H2,1H3,(H,16,17). The predicted octanol–water partition coefficient (Wildman–Crippen LogP) is 2.14. The van der Waals surface area contributed by atoms with Crippen LogP contribution in [0.25, 0.3) is 0 Å². The lowest BCUT2D eigenvalue weighted by atomic mass is 9.95. The number of sulfone groups is 1. The maximum atomic E-state index is 12.3. The minimum atomic E-state index is -2.98. The van der Waals surface area contributed by atoms with E-state index in [0.29, 0.717) is 17.9 Å². The molecule has 2 atom stereocenters. The van der Waals surface area contributed by atoms with Gasteiger partial charge in [-0.15, -0.1) is 0 Å². The van der Waals surface area contributed by atoms with Gasteiger partial charge in [-0.3, -0.25) is 4.79 Å². The molecule has 1 aliphatic rings. The minimum Gasteiger partial charge on any atom is -0.352 e. The van der Waals surface area contributed by atoms with Crippen molar-refractivity contribution in [2.45, 2.75) is 31.7 Å². The lowest BCUT2D eigenvalue weighted by Gasteiger charge is -2.18. The first-order valence-corrected chi connectivity index (χ1v) is 8.87. The maximum Gasteiger partial charge on any atom is 0.227 e. The van der Waals surface area contributed by atoms with E-state index in [-0.39, 0.29) is 29.4 Å². The van der Waals surface area contributed by atoms with Crippen LogP contribution in [0.4, 0.5) is 0 Å². The SMILES string of the molecule is CCC(C(=O)NC1CCS(=O)(=O)C1)c1ccc(Cl)cc1. The Bertz CT molecular complexity index is 583. The Morgan fingerprint density at radius 3 is 2.55 bits per heavy atom. The van der Waals surface area contributed by atoms with Gasteiger partial charge >= 0.3 is 0 Å². The second-order valence-corrected chi connectivity index (χ2v) is 7.79. The molecule has 0 saturated carbocycles. The Labute approximate surface area is 124 Å². The monoisotopic (exact) mass is 315 g/mol. The van der Waals surface area contributed by atoms with Crippen LogP contribution >= 0.6 is 11.6 Å².